The van der Waals surface area contributed by atoms with Crippen LogP contribution in [0.15, 0.2) is 12.5 Å². The Morgan fingerprint density at radius 1 is 1.57 bits per heavy atom. The summed E-state index contributed by atoms with van der Waals surface area (Å²) in [4.78, 5) is 4.27. The van der Waals surface area contributed by atoms with Crippen molar-refractivity contribution < 1.29 is 0 Å². The van der Waals surface area contributed by atoms with Gasteiger partial charge in [-0.1, -0.05) is 6.92 Å². The van der Waals surface area contributed by atoms with Crippen LogP contribution in [0.3, 0.4) is 0 Å². The minimum Gasteiger partial charge on any atom is -0.334 e. The molecule has 1 saturated heterocycles. The van der Waals surface area contributed by atoms with Crippen molar-refractivity contribution in [3.63, 3.8) is 0 Å². The third-order valence-corrected chi connectivity index (χ3v) is 3.60. The van der Waals surface area contributed by atoms with Crippen molar-refractivity contribution in [3.8, 4) is 0 Å². The predicted octanol–water partition coefficient (Wildman–Crippen LogP) is 1.37. The van der Waals surface area contributed by atoms with Crippen LogP contribution in [0.4, 0.5) is 0 Å². The van der Waals surface area contributed by atoms with Crippen LogP contribution in [-0.2, 0) is 6.54 Å². The van der Waals surface area contributed by atoms with Gasteiger partial charge in [-0.3, -0.25) is 0 Å². The molecular weight excluding hydrogens is 174 g/mol. The van der Waals surface area contributed by atoms with E-state index in [1.54, 1.807) is 0 Å². The van der Waals surface area contributed by atoms with Crippen molar-refractivity contribution in [1.29, 1.82) is 0 Å². The molecule has 0 bridgehead atoms. The fraction of sp³-hybridized carbons (Fsp3) is 0.727. The van der Waals surface area contributed by atoms with Gasteiger partial charge in [-0.25, -0.2) is 4.98 Å². The zero-order valence-corrected chi connectivity index (χ0v) is 8.66. The largest absolute Gasteiger partial charge is 0.334 e. The van der Waals surface area contributed by atoms with Gasteiger partial charge in [-0.05, 0) is 18.3 Å². The van der Waals surface area contributed by atoms with Gasteiger partial charge in [0, 0.05) is 37.4 Å². The Morgan fingerprint density at radius 2 is 2.36 bits per heavy atom. The maximum absolute atomic E-state index is 4.27. The Hall–Kier alpha value is -0.830. The average Bonchev–Trinajstić information content (AvgIpc) is 2.61. The van der Waals surface area contributed by atoms with Crippen LogP contribution in [0, 0.1) is 5.41 Å². The van der Waals surface area contributed by atoms with Gasteiger partial charge >= 0.3 is 0 Å². The Morgan fingerprint density at radius 3 is 2.93 bits per heavy atom. The van der Waals surface area contributed by atoms with E-state index >= 15 is 0 Å². The highest BCUT2D eigenvalue weighted by Crippen LogP contribution is 2.46. The number of nitrogens with one attached hydrogen (secondary N) is 1. The molecule has 1 aromatic rings. The van der Waals surface area contributed by atoms with E-state index < -0.39 is 0 Å². The van der Waals surface area contributed by atoms with Crippen molar-refractivity contribution in [2.24, 2.45) is 5.41 Å². The lowest BCUT2D eigenvalue weighted by molar-refractivity contribution is 0.395. The average molecular weight is 191 g/mol. The molecule has 3 rings (SSSR count). The van der Waals surface area contributed by atoms with Crippen molar-refractivity contribution in [2.45, 2.75) is 32.2 Å². The van der Waals surface area contributed by atoms with Gasteiger partial charge in [0.1, 0.15) is 0 Å². The fourth-order valence-electron chi connectivity index (χ4n) is 2.08. The number of nitrogens with zero attached hydrogens (tertiary/aromatic N) is 2. The molecule has 3 heteroatoms. The summed E-state index contributed by atoms with van der Waals surface area (Å²) in [7, 11) is 0. The minimum absolute atomic E-state index is 0.576. The smallest absolute Gasteiger partial charge is 0.0948 e. The molecule has 2 heterocycles. The molecule has 1 N–H and O–H groups in total. The summed E-state index contributed by atoms with van der Waals surface area (Å²) in [6.45, 7) is 5.79. The number of hydrogen-bond donors (Lipinski definition) is 1. The van der Waals surface area contributed by atoms with E-state index in [9.17, 15) is 0 Å². The fourth-order valence-corrected chi connectivity index (χ4v) is 2.08. The van der Waals surface area contributed by atoms with Crippen LogP contribution >= 0.6 is 0 Å². The predicted molar refractivity (Wildman–Crippen MR) is 55.2 cm³/mol. The summed E-state index contributed by atoms with van der Waals surface area (Å²) < 4.78 is 2.36. The van der Waals surface area contributed by atoms with Crippen LogP contribution in [0.25, 0.3) is 0 Å². The standard InChI is InChI=1S/C11H17N3/c1-11(2-3-11)7-14-8-13-6-10(14)9-4-12-5-9/h6,8-9,12H,2-5,7H2,1H3. The van der Waals surface area contributed by atoms with Crippen LogP contribution in [0.2, 0.25) is 0 Å². The molecule has 1 aliphatic heterocycles. The summed E-state index contributed by atoms with van der Waals surface area (Å²) in [5.41, 5.74) is 2.00. The third kappa shape index (κ3) is 1.36. The van der Waals surface area contributed by atoms with Gasteiger partial charge in [0.15, 0.2) is 0 Å². The maximum Gasteiger partial charge on any atom is 0.0948 e. The normalized spacial score (nSPS) is 24.6. The second-order valence-electron chi connectivity index (χ2n) is 5.11. The van der Waals surface area contributed by atoms with E-state index in [1.165, 1.54) is 25.1 Å². The molecule has 0 aromatic carbocycles. The maximum atomic E-state index is 4.27. The Kier molecular flexibility index (Phi) is 1.71. The molecule has 0 radical (unpaired) electrons. The Labute approximate surface area is 84.5 Å². The third-order valence-electron chi connectivity index (χ3n) is 3.60. The lowest BCUT2D eigenvalue weighted by atomic mass is 9.99. The molecule has 3 nitrogen and oxygen atoms in total. The first-order chi connectivity index (χ1) is 6.77. The van der Waals surface area contributed by atoms with Crippen molar-refractivity contribution in [1.82, 2.24) is 14.9 Å². The zero-order valence-electron chi connectivity index (χ0n) is 8.66. The lowest BCUT2D eigenvalue weighted by Gasteiger charge is -2.28. The second kappa shape index (κ2) is 2.83. The van der Waals surface area contributed by atoms with Gasteiger partial charge in [0.05, 0.1) is 6.33 Å². The summed E-state index contributed by atoms with van der Waals surface area (Å²) in [5, 5.41) is 3.31. The number of imidazole rings is 1. The Bertz CT molecular complexity index is 334. The minimum atomic E-state index is 0.576. The first-order valence-electron chi connectivity index (χ1n) is 5.48. The molecule has 1 saturated carbocycles. The molecule has 0 amide bonds. The first-order valence-corrected chi connectivity index (χ1v) is 5.48. The van der Waals surface area contributed by atoms with E-state index in [2.05, 4.69) is 21.8 Å². The molecule has 2 fully saturated rings. The van der Waals surface area contributed by atoms with E-state index in [0.29, 0.717) is 11.3 Å². The lowest BCUT2D eigenvalue weighted by Crippen LogP contribution is -2.41. The summed E-state index contributed by atoms with van der Waals surface area (Å²) in [6, 6.07) is 0. The topological polar surface area (TPSA) is 29.9 Å². The summed E-state index contributed by atoms with van der Waals surface area (Å²) in [5.74, 6) is 0.708. The molecule has 1 aliphatic carbocycles. The number of aromatic nitrogens is 2. The number of hydrogen-bond acceptors (Lipinski definition) is 2. The van der Waals surface area contributed by atoms with Crippen molar-refractivity contribution in [3.05, 3.63) is 18.2 Å². The van der Waals surface area contributed by atoms with Crippen molar-refractivity contribution in [2.75, 3.05) is 13.1 Å². The number of rotatable bonds is 3. The highest BCUT2D eigenvalue weighted by atomic mass is 15.1. The van der Waals surface area contributed by atoms with Gasteiger partial charge in [0.2, 0.25) is 0 Å². The summed E-state index contributed by atoms with van der Waals surface area (Å²) >= 11 is 0. The first kappa shape index (κ1) is 8.48. The van der Waals surface area contributed by atoms with E-state index in [0.717, 1.165) is 13.1 Å². The van der Waals surface area contributed by atoms with Gasteiger partial charge in [-0.2, -0.15) is 0 Å². The second-order valence-corrected chi connectivity index (χ2v) is 5.11. The molecule has 14 heavy (non-hydrogen) atoms. The highest BCUT2D eigenvalue weighted by molar-refractivity contribution is 5.12. The molecule has 1 aromatic heterocycles. The van der Waals surface area contributed by atoms with Crippen LogP contribution in [0.1, 0.15) is 31.4 Å². The molecule has 2 aliphatic rings. The molecule has 76 valence electrons. The zero-order chi connectivity index (χ0) is 9.60. The van der Waals surface area contributed by atoms with E-state index in [4.69, 9.17) is 0 Å². The van der Waals surface area contributed by atoms with E-state index in [-0.39, 0.29) is 0 Å². The van der Waals surface area contributed by atoms with Crippen LogP contribution < -0.4 is 5.32 Å². The monoisotopic (exact) mass is 191 g/mol. The molecule has 0 spiro atoms. The van der Waals surface area contributed by atoms with Crippen molar-refractivity contribution >= 4 is 0 Å². The molecule has 0 unspecified atom stereocenters. The Balaban J connectivity index is 1.79. The SMILES string of the molecule is CC1(Cn2cncc2C2CNC2)CC1. The van der Waals surface area contributed by atoms with Gasteiger partial charge < -0.3 is 9.88 Å². The van der Waals surface area contributed by atoms with Gasteiger partial charge in [-0.15, -0.1) is 0 Å². The quantitative estimate of drug-likeness (QED) is 0.782. The van der Waals surface area contributed by atoms with Gasteiger partial charge in [0.25, 0.3) is 0 Å². The van der Waals surface area contributed by atoms with E-state index in [1.807, 2.05) is 12.5 Å². The van der Waals surface area contributed by atoms with Crippen LogP contribution in [-0.4, -0.2) is 22.6 Å². The molecular formula is C11H17N3. The molecule has 0 atom stereocenters. The summed E-state index contributed by atoms with van der Waals surface area (Å²) in [6.07, 6.45) is 6.80. The van der Waals surface area contributed by atoms with Crippen LogP contribution in [0.5, 0.6) is 0 Å². The highest BCUT2D eigenvalue weighted by Gasteiger charge is 2.38.